The van der Waals surface area contributed by atoms with Gasteiger partial charge in [0.25, 0.3) is 0 Å². The van der Waals surface area contributed by atoms with E-state index < -0.39 is 0 Å². The van der Waals surface area contributed by atoms with Gasteiger partial charge in [-0.25, -0.2) is 0 Å². The average Bonchev–Trinajstić information content (AvgIpc) is 2.66. The Kier molecular flexibility index (Phi) is 3.09. The third-order valence-electron chi connectivity index (χ3n) is 5.12. The molecule has 0 radical (unpaired) electrons. The third-order valence-corrected chi connectivity index (χ3v) is 8.35. The van der Waals surface area contributed by atoms with Crippen molar-refractivity contribution in [2.45, 2.75) is 35.3 Å². The summed E-state index contributed by atoms with van der Waals surface area (Å²) in [6, 6.07) is 0. The highest BCUT2D eigenvalue weighted by Gasteiger charge is 2.83. The van der Waals surface area contributed by atoms with E-state index in [4.69, 9.17) is 0 Å². The standard InChI is InChI=1S/C11H16Br3NO/c1-9(2)10(7(13)14)4-5-11(9,6(10)12)8(16)15-3/h6-7H,4-5H2,1-3H3,(H,15,16)/t6-,10-,11+/m0/s1. The first kappa shape index (κ1) is 13.3. The first-order valence-corrected chi connectivity index (χ1v) is 8.18. The first-order valence-electron chi connectivity index (χ1n) is 5.43. The van der Waals surface area contributed by atoms with Gasteiger partial charge in [-0.1, -0.05) is 61.6 Å². The average molecular weight is 418 g/mol. The largest absolute Gasteiger partial charge is 0.359 e. The molecule has 0 saturated heterocycles. The molecule has 0 aliphatic heterocycles. The van der Waals surface area contributed by atoms with Gasteiger partial charge >= 0.3 is 0 Å². The number of hydrogen-bond acceptors (Lipinski definition) is 1. The molecule has 92 valence electrons. The third kappa shape index (κ3) is 1.07. The summed E-state index contributed by atoms with van der Waals surface area (Å²) in [4.78, 5) is 12.4. The highest BCUT2D eigenvalue weighted by Crippen LogP contribution is 2.82. The van der Waals surface area contributed by atoms with Crippen molar-refractivity contribution in [3.05, 3.63) is 0 Å². The van der Waals surface area contributed by atoms with Crippen LogP contribution in [0.15, 0.2) is 0 Å². The van der Waals surface area contributed by atoms with Crippen LogP contribution >= 0.6 is 47.8 Å². The molecule has 3 atom stereocenters. The van der Waals surface area contributed by atoms with Crippen molar-refractivity contribution in [1.29, 1.82) is 0 Å². The molecular formula is C11H16Br3NO. The number of fused-ring (bicyclic) bond motifs is 1. The van der Waals surface area contributed by atoms with Crippen LogP contribution < -0.4 is 5.32 Å². The smallest absolute Gasteiger partial charge is 0.227 e. The van der Waals surface area contributed by atoms with Crippen LogP contribution in [0.25, 0.3) is 0 Å². The Morgan fingerprint density at radius 1 is 1.38 bits per heavy atom. The van der Waals surface area contributed by atoms with Crippen molar-refractivity contribution in [3.63, 3.8) is 0 Å². The highest BCUT2D eigenvalue weighted by atomic mass is 79.9. The van der Waals surface area contributed by atoms with Crippen LogP contribution in [0.5, 0.6) is 0 Å². The molecule has 5 heteroatoms. The van der Waals surface area contributed by atoms with Crippen molar-refractivity contribution in [2.75, 3.05) is 7.05 Å². The van der Waals surface area contributed by atoms with Gasteiger partial charge < -0.3 is 5.32 Å². The number of carbonyl (C=O) groups is 1. The van der Waals surface area contributed by atoms with E-state index in [1.807, 2.05) is 0 Å². The molecule has 16 heavy (non-hydrogen) atoms. The Morgan fingerprint density at radius 3 is 2.25 bits per heavy atom. The zero-order valence-corrected chi connectivity index (χ0v) is 14.4. The number of nitrogens with one attached hydrogen (secondary N) is 1. The van der Waals surface area contributed by atoms with Gasteiger partial charge in [-0.3, -0.25) is 4.79 Å². The minimum Gasteiger partial charge on any atom is -0.359 e. The molecule has 3 fully saturated rings. The second kappa shape index (κ2) is 3.70. The molecule has 3 saturated carbocycles. The van der Waals surface area contributed by atoms with Crippen LogP contribution in [-0.4, -0.2) is 21.5 Å². The van der Waals surface area contributed by atoms with Gasteiger partial charge in [0.05, 0.1) is 9.15 Å². The van der Waals surface area contributed by atoms with E-state index >= 15 is 0 Å². The molecular weight excluding hydrogens is 402 g/mol. The summed E-state index contributed by atoms with van der Waals surface area (Å²) >= 11 is 11.1. The molecule has 3 aliphatic rings. The van der Waals surface area contributed by atoms with Crippen molar-refractivity contribution < 1.29 is 4.79 Å². The molecule has 2 bridgehead atoms. The van der Waals surface area contributed by atoms with Crippen molar-refractivity contribution >= 4 is 53.7 Å². The lowest BCUT2D eigenvalue weighted by Crippen LogP contribution is -2.71. The SMILES string of the molecule is CNC(=O)[C@@]12CC[C@@](C(Br)Br)([C@@H]1Br)C2(C)C. The monoisotopic (exact) mass is 415 g/mol. The van der Waals surface area contributed by atoms with E-state index in [1.54, 1.807) is 7.05 Å². The van der Waals surface area contributed by atoms with E-state index in [9.17, 15) is 4.79 Å². The van der Waals surface area contributed by atoms with Crippen molar-refractivity contribution in [3.8, 4) is 0 Å². The Labute approximate surface area is 122 Å². The minimum atomic E-state index is -0.248. The molecule has 1 amide bonds. The summed E-state index contributed by atoms with van der Waals surface area (Å²) < 4.78 is 0.243. The highest BCUT2D eigenvalue weighted by molar-refractivity contribution is 9.24. The molecule has 0 aromatic heterocycles. The van der Waals surface area contributed by atoms with Gasteiger partial charge in [-0.05, 0) is 18.3 Å². The molecule has 0 aromatic carbocycles. The Bertz CT molecular complexity index is 344. The topological polar surface area (TPSA) is 29.1 Å². The summed E-state index contributed by atoms with van der Waals surface area (Å²) in [5.41, 5.74) is -0.118. The Morgan fingerprint density at radius 2 is 1.94 bits per heavy atom. The predicted molar refractivity (Wildman–Crippen MR) is 76.3 cm³/mol. The number of hydrogen-bond donors (Lipinski definition) is 1. The molecule has 0 aromatic rings. The molecule has 0 spiro atoms. The van der Waals surface area contributed by atoms with Gasteiger partial charge in [0.2, 0.25) is 5.91 Å². The van der Waals surface area contributed by atoms with Gasteiger partial charge in [0.1, 0.15) is 0 Å². The minimum absolute atomic E-state index is 0.00588. The van der Waals surface area contributed by atoms with Crippen LogP contribution in [0.4, 0.5) is 0 Å². The number of rotatable bonds is 2. The fourth-order valence-corrected chi connectivity index (χ4v) is 8.84. The van der Waals surface area contributed by atoms with Gasteiger partial charge in [-0.2, -0.15) is 0 Å². The lowest BCUT2D eigenvalue weighted by atomic mass is 9.43. The predicted octanol–water partition coefficient (Wildman–Crippen LogP) is 3.42. The number of carbonyl (C=O) groups excluding carboxylic acids is 1. The molecule has 0 heterocycles. The van der Waals surface area contributed by atoms with Crippen LogP contribution in [0.3, 0.4) is 0 Å². The first-order chi connectivity index (χ1) is 7.29. The van der Waals surface area contributed by atoms with Gasteiger partial charge in [-0.15, -0.1) is 0 Å². The number of amides is 1. The lowest BCUT2D eigenvalue weighted by molar-refractivity contribution is -0.161. The summed E-state index contributed by atoms with van der Waals surface area (Å²) in [5, 5.41) is 2.83. The van der Waals surface area contributed by atoms with Crippen molar-refractivity contribution in [1.82, 2.24) is 5.32 Å². The van der Waals surface area contributed by atoms with E-state index in [1.165, 1.54) is 0 Å². The molecule has 1 N–H and O–H groups in total. The Hall–Kier alpha value is 0.910. The number of halogens is 3. The fourth-order valence-electron chi connectivity index (χ4n) is 3.92. The van der Waals surface area contributed by atoms with E-state index in [0.29, 0.717) is 0 Å². The maximum absolute atomic E-state index is 12.2. The lowest BCUT2D eigenvalue weighted by Gasteiger charge is -2.66. The zero-order chi connectivity index (χ0) is 12.4. The van der Waals surface area contributed by atoms with Gasteiger partial charge in [0.15, 0.2) is 0 Å². The van der Waals surface area contributed by atoms with Gasteiger partial charge in [0, 0.05) is 17.3 Å². The van der Waals surface area contributed by atoms with Crippen LogP contribution in [0.2, 0.25) is 0 Å². The normalized spacial score (nSPS) is 44.3. The second-order valence-corrected chi connectivity index (χ2v) is 9.35. The Balaban J connectivity index is 2.46. The summed E-state index contributed by atoms with van der Waals surface area (Å²) in [6.45, 7) is 4.42. The number of alkyl halides is 3. The van der Waals surface area contributed by atoms with Crippen LogP contribution in [0.1, 0.15) is 26.7 Å². The fraction of sp³-hybridized carbons (Fsp3) is 0.909. The van der Waals surface area contributed by atoms with E-state index in [0.717, 1.165) is 12.8 Å². The second-order valence-electron chi connectivity index (χ2n) is 5.38. The van der Waals surface area contributed by atoms with Crippen LogP contribution in [0, 0.1) is 16.2 Å². The van der Waals surface area contributed by atoms with Crippen LogP contribution in [-0.2, 0) is 4.79 Å². The van der Waals surface area contributed by atoms with E-state index in [2.05, 4.69) is 67.0 Å². The molecule has 3 rings (SSSR count). The van der Waals surface area contributed by atoms with E-state index in [-0.39, 0.29) is 30.7 Å². The maximum atomic E-state index is 12.2. The quantitative estimate of drug-likeness (QED) is 0.685. The molecule has 3 aliphatic carbocycles. The maximum Gasteiger partial charge on any atom is 0.227 e. The zero-order valence-electron chi connectivity index (χ0n) is 9.61. The molecule has 0 unspecified atom stereocenters. The van der Waals surface area contributed by atoms with Crippen molar-refractivity contribution in [2.24, 2.45) is 16.2 Å². The molecule has 2 nitrogen and oxygen atoms in total. The summed E-state index contributed by atoms with van der Waals surface area (Å²) in [5.74, 6) is 0.174. The summed E-state index contributed by atoms with van der Waals surface area (Å²) in [7, 11) is 1.73. The summed E-state index contributed by atoms with van der Waals surface area (Å²) in [6.07, 6.45) is 2.04.